The van der Waals surface area contributed by atoms with Gasteiger partial charge in [-0.15, -0.1) is 0 Å². The summed E-state index contributed by atoms with van der Waals surface area (Å²) in [6, 6.07) is 3.14. The Morgan fingerprint density at radius 3 is 2.72 bits per heavy atom. The van der Waals surface area contributed by atoms with Crippen LogP contribution in [0.25, 0.3) is 0 Å². The summed E-state index contributed by atoms with van der Waals surface area (Å²) in [5, 5.41) is 0. The third-order valence-electron chi connectivity index (χ3n) is 2.70. The van der Waals surface area contributed by atoms with E-state index in [4.69, 9.17) is 5.73 Å². The zero-order chi connectivity index (χ0) is 13.8. The highest BCUT2D eigenvalue weighted by atomic mass is 32.2. The number of sulfonamides is 1. The summed E-state index contributed by atoms with van der Waals surface area (Å²) < 4.78 is 26.4. The maximum atomic E-state index is 11.9. The van der Waals surface area contributed by atoms with E-state index in [1.165, 1.54) is 18.3 Å². The van der Waals surface area contributed by atoms with Crippen molar-refractivity contribution >= 4 is 15.8 Å². The third-order valence-corrected chi connectivity index (χ3v) is 4.16. The largest absolute Gasteiger partial charge is 0.384 e. The number of aromatic nitrogens is 1. The fourth-order valence-corrected chi connectivity index (χ4v) is 2.34. The van der Waals surface area contributed by atoms with Gasteiger partial charge in [-0.25, -0.2) is 18.1 Å². The van der Waals surface area contributed by atoms with Crippen molar-refractivity contribution in [2.75, 3.05) is 25.9 Å². The lowest BCUT2D eigenvalue weighted by Crippen LogP contribution is -2.36. The predicted octanol–water partition coefficient (Wildman–Crippen LogP) is 0.282. The van der Waals surface area contributed by atoms with Gasteiger partial charge in [-0.05, 0) is 27.0 Å². The van der Waals surface area contributed by atoms with Crippen LogP contribution in [0.1, 0.15) is 13.8 Å². The summed E-state index contributed by atoms with van der Waals surface area (Å²) in [6.45, 7) is 5.12. The normalized spacial score (nSPS) is 12.3. The van der Waals surface area contributed by atoms with E-state index in [0.717, 1.165) is 0 Å². The lowest BCUT2D eigenvalue weighted by atomic mass is 10.3. The number of hydrogen-bond acceptors (Lipinski definition) is 5. The first-order chi connectivity index (χ1) is 8.33. The van der Waals surface area contributed by atoms with Crippen LogP contribution in [0, 0.1) is 0 Å². The van der Waals surface area contributed by atoms with Crippen LogP contribution in [0.4, 0.5) is 5.82 Å². The minimum Gasteiger partial charge on any atom is -0.384 e. The predicted molar refractivity (Wildman–Crippen MR) is 71.6 cm³/mol. The highest BCUT2D eigenvalue weighted by molar-refractivity contribution is 7.89. The van der Waals surface area contributed by atoms with Crippen LogP contribution in [0.3, 0.4) is 0 Å². The number of nitrogens with one attached hydrogen (secondary N) is 1. The molecule has 6 nitrogen and oxygen atoms in total. The van der Waals surface area contributed by atoms with Gasteiger partial charge >= 0.3 is 0 Å². The van der Waals surface area contributed by atoms with Gasteiger partial charge in [0, 0.05) is 31.4 Å². The molecule has 0 spiro atoms. The Morgan fingerprint density at radius 2 is 2.17 bits per heavy atom. The number of nitrogen functional groups attached to an aromatic ring is 1. The van der Waals surface area contributed by atoms with Gasteiger partial charge in [-0.3, -0.25) is 0 Å². The summed E-state index contributed by atoms with van der Waals surface area (Å²) in [6.07, 6.45) is 1.38. The summed E-state index contributed by atoms with van der Waals surface area (Å²) in [5.74, 6) is 0.192. The van der Waals surface area contributed by atoms with Crippen molar-refractivity contribution in [1.82, 2.24) is 14.6 Å². The Kier molecular flexibility index (Phi) is 5.06. The van der Waals surface area contributed by atoms with E-state index in [2.05, 4.69) is 28.5 Å². The first-order valence-electron chi connectivity index (χ1n) is 5.74. The quantitative estimate of drug-likeness (QED) is 0.776. The second-order valence-electron chi connectivity index (χ2n) is 4.39. The minimum absolute atomic E-state index is 0.141. The summed E-state index contributed by atoms with van der Waals surface area (Å²) in [4.78, 5) is 5.96. The second kappa shape index (κ2) is 6.12. The lowest BCUT2D eigenvalue weighted by Gasteiger charge is -2.20. The van der Waals surface area contributed by atoms with E-state index in [1.54, 1.807) is 0 Å². The molecule has 7 heteroatoms. The maximum Gasteiger partial charge on any atom is 0.240 e. The standard InChI is InChI=1S/C11H20N4O2S/c1-9(2)15(3)7-6-14-18(16,17)10-4-5-13-11(12)8-10/h4-5,8-9,14H,6-7H2,1-3H3,(H2,12,13). The van der Waals surface area contributed by atoms with Crippen molar-refractivity contribution in [3.63, 3.8) is 0 Å². The molecule has 0 bridgehead atoms. The molecular formula is C11H20N4O2S. The number of likely N-dealkylation sites (N-methyl/N-ethyl adjacent to an activating group) is 1. The first-order valence-corrected chi connectivity index (χ1v) is 7.22. The van der Waals surface area contributed by atoms with Gasteiger partial charge in [-0.1, -0.05) is 0 Å². The molecule has 3 N–H and O–H groups in total. The number of nitrogens with zero attached hydrogens (tertiary/aromatic N) is 2. The monoisotopic (exact) mass is 272 g/mol. The Morgan fingerprint density at radius 1 is 1.50 bits per heavy atom. The molecule has 0 aliphatic heterocycles. The Hall–Kier alpha value is -1.18. The van der Waals surface area contributed by atoms with Gasteiger partial charge in [0.05, 0.1) is 4.90 Å². The molecule has 1 heterocycles. The van der Waals surface area contributed by atoms with Crippen LogP contribution in [-0.2, 0) is 10.0 Å². The SMILES string of the molecule is CC(C)N(C)CCNS(=O)(=O)c1ccnc(N)c1. The van der Waals surface area contributed by atoms with E-state index in [9.17, 15) is 8.42 Å². The smallest absolute Gasteiger partial charge is 0.240 e. The number of hydrogen-bond donors (Lipinski definition) is 2. The average molecular weight is 272 g/mol. The van der Waals surface area contributed by atoms with Crippen LogP contribution in [0.15, 0.2) is 23.2 Å². The minimum atomic E-state index is -3.50. The van der Waals surface area contributed by atoms with E-state index < -0.39 is 10.0 Å². The van der Waals surface area contributed by atoms with Crippen molar-refractivity contribution < 1.29 is 8.42 Å². The highest BCUT2D eigenvalue weighted by Crippen LogP contribution is 2.09. The second-order valence-corrected chi connectivity index (χ2v) is 6.16. The molecule has 0 saturated heterocycles. The Labute approximate surface area is 108 Å². The molecule has 18 heavy (non-hydrogen) atoms. The van der Waals surface area contributed by atoms with Gasteiger partial charge in [0.1, 0.15) is 5.82 Å². The van der Waals surface area contributed by atoms with Crippen molar-refractivity contribution in [3.05, 3.63) is 18.3 Å². The highest BCUT2D eigenvalue weighted by Gasteiger charge is 2.14. The summed E-state index contributed by atoms with van der Waals surface area (Å²) >= 11 is 0. The van der Waals surface area contributed by atoms with Gasteiger partial charge < -0.3 is 10.6 Å². The molecule has 0 saturated carbocycles. The third kappa shape index (κ3) is 4.25. The molecule has 1 aromatic rings. The topological polar surface area (TPSA) is 88.3 Å². The number of nitrogens with two attached hydrogens (primary N) is 1. The van der Waals surface area contributed by atoms with Crippen molar-refractivity contribution in [2.45, 2.75) is 24.8 Å². The van der Waals surface area contributed by atoms with Crippen molar-refractivity contribution in [3.8, 4) is 0 Å². The molecule has 0 aromatic carbocycles. The van der Waals surface area contributed by atoms with Gasteiger partial charge in [-0.2, -0.15) is 0 Å². The molecule has 0 unspecified atom stereocenters. The molecule has 0 radical (unpaired) electrons. The molecule has 0 aliphatic carbocycles. The first kappa shape index (κ1) is 14.9. The molecule has 0 amide bonds. The van der Waals surface area contributed by atoms with Crippen LogP contribution in [0.5, 0.6) is 0 Å². The zero-order valence-corrected chi connectivity index (χ0v) is 11.7. The van der Waals surface area contributed by atoms with Crippen LogP contribution in [0.2, 0.25) is 0 Å². The van der Waals surface area contributed by atoms with Gasteiger partial charge in [0.2, 0.25) is 10.0 Å². The fourth-order valence-electron chi connectivity index (χ4n) is 1.29. The lowest BCUT2D eigenvalue weighted by molar-refractivity contribution is 0.278. The number of pyridine rings is 1. The molecule has 1 aromatic heterocycles. The molecule has 0 atom stereocenters. The van der Waals surface area contributed by atoms with Crippen molar-refractivity contribution in [1.29, 1.82) is 0 Å². The molecule has 1 rings (SSSR count). The van der Waals surface area contributed by atoms with E-state index >= 15 is 0 Å². The maximum absolute atomic E-state index is 11.9. The Balaban J connectivity index is 2.61. The van der Waals surface area contributed by atoms with E-state index in [0.29, 0.717) is 19.1 Å². The Bertz CT molecular complexity index is 488. The van der Waals surface area contributed by atoms with E-state index in [-0.39, 0.29) is 10.7 Å². The van der Waals surface area contributed by atoms with Gasteiger partial charge in [0.25, 0.3) is 0 Å². The zero-order valence-electron chi connectivity index (χ0n) is 10.9. The summed E-state index contributed by atoms with van der Waals surface area (Å²) in [7, 11) is -1.55. The molecule has 0 fully saturated rings. The number of anilines is 1. The van der Waals surface area contributed by atoms with Gasteiger partial charge in [0.15, 0.2) is 0 Å². The molecule has 102 valence electrons. The summed E-state index contributed by atoms with van der Waals surface area (Å²) in [5.41, 5.74) is 5.46. The van der Waals surface area contributed by atoms with Crippen LogP contribution >= 0.6 is 0 Å². The number of rotatable bonds is 6. The van der Waals surface area contributed by atoms with Crippen molar-refractivity contribution in [2.24, 2.45) is 0 Å². The van der Waals surface area contributed by atoms with Crippen LogP contribution in [-0.4, -0.2) is 44.5 Å². The average Bonchev–Trinajstić information content (AvgIpc) is 2.28. The molecular weight excluding hydrogens is 252 g/mol. The molecule has 0 aliphatic rings. The van der Waals surface area contributed by atoms with Crippen LogP contribution < -0.4 is 10.5 Å². The fraction of sp³-hybridized carbons (Fsp3) is 0.545. The van der Waals surface area contributed by atoms with E-state index in [1.807, 2.05) is 7.05 Å².